The Kier molecular flexibility index (Phi) is 4.60. The minimum Gasteiger partial charge on any atom is -0.462 e. The summed E-state index contributed by atoms with van der Waals surface area (Å²) < 4.78 is 6.85. The number of aromatic nitrogens is 1. The first-order chi connectivity index (χ1) is 11.6. The lowest BCUT2D eigenvalue weighted by Gasteiger charge is -2.07. The molecule has 0 saturated carbocycles. The normalized spacial score (nSPS) is 10.8. The fourth-order valence-corrected chi connectivity index (χ4v) is 3.00. The van der Waals surface area contributed by atoms with Crippen LogP contribution < -0.4 is 0 Å². The van der Waals surface area contributed by atoms with E-state index in [9.17, 15) is 9.59 Å². The fraction of sp³-hybridized carbons (Fsp3) is 0.111. The molecule has 0 unspecified atom stereocenters. The molecule has 24 heavy (non-hydrogen) atoms. The maximum absolute atomic E-state index is 12.5. The van der Waals surface area contributed by atoms with Crippen LogP contribution >= 0.6 is 23.2 Å². The van der Waals surface area contributed by atoms with Gasteiger partial charge in [-0.1, -0.05) is 35.3 Å². The summed E-state index contributed by atoms with van der Waals surface area (Å²) in [5.74, 6) is -0.490. The van der Waals surface area contributed by atoms with Gasteiger partial charge < -0.3 is 9.14 Å². The van der Waals surface area contributed by atoms with Gasteiger partial charge in [-0.2, -0.15) is 0 Å². The number of rotatable bonds is 4. The van der Waals surface area contributed by atoms with Crippen molar-refractivity contribution in [2.24, 2.45) is 0 Å². The van der Waals surface area contributed by atoms with Gasteiger partial charge in [0.15, 0.2) is 6.29 Å². The molecule has 0 atom stereocenters. The monoisotopic (exact) mass is 361 g/mol. The van der Waals surface area contributed by atoms with Gasteiger partial charge in [0.1, 0.15) is 0 Å². The highest BCUT2D eigenvalue weighted by atomic mass is 35.5. The number of halogens is 2. The number of hydrogen-bond donors (Lipinski definition) is 0. The number of pyridine rings is 1. The average molecular weight is 362 g/mol. The van der Waals surface area contributed by atoms with E-state index in [1.54, 1.807) is 53.9 Å². The third-order valence-electron chi connectivity index (χ3n) is 3.68. The molecule has 0 aliphatic rings. The molecule has 3 rings (SSSR count). The minimum atomic E-state index is -0.490. The van der Waals surface area contributed by atoms with Gasteiger partial charge in [0, 0.05) is 11.8 Å². The molecule has 0 fully saturated rings. The Hall–Kier alpha value is -2.30. The van der Waals surface area contributed by atoms with E-state index in [2.05, 4.69) is 0 Å². The van der Waals surface area contributed by atoms with Crippen molar-refractivity contribution in [1.29, 1.82) is 0 Å². The molecule has 0 spiro atoms. The Morgan fingerprint density at radius 1 is 1.21 bits per heavy atom. The van der Waals surface area contributed by atoms with Crippen molar-refractivity contribution in [3.8, 4) is 11.1 Å². The van der Waals surface area contributed by atoms with Gasteiger partial charge in [0.2, 0.25) is 0 Å². The number of benzene rings is 1. The molecule has 0 N–H and O–H groups in total. The molecule has 0 aliphatic carbocycles. The van der Waals surface area contributed by atoms with E-state index in [1.807, 2.05) is 0 Å². The lowest BCUT2D eigenvalue weighted by molar-refractivity contribution is 0.0529. The van der Waals surface area contributed by atoms with Crippen LogP contribution in [0.1, 0.15) is 27.8 Å². The number of aldehydes is 1. The number of ether oxygens (including phenoxy) is 1. The first-order valence-corrected chi connectivity index (χ1v) is 8.04. The summed E-state index contributed by atoms with van der Waals surface area (Å²) in [5.41, 5.74) is 2.38. The third kappa shape index (κ3) is 2.68. The van der Waals surface area contributed by atoms with Crippen molar-refractivity contribution in [1.82, 2.24) is 4.40 Å². The number of carbonyl (C=O) groups is 2. The number of carbonyl (C=O) groups excluding carboxylic acids is 2. The van der Waals surface area contributed by atoms with Crippen LogP contribution in [0.5, 0.6) is 0 Å². The average Bonchev–Trinajstić information content (AvgIpc) is 2.92. The molecule has 122 valence electrons. The summed E-state index contributed by atoms with van der Waals surface area (Å²) >= 11 is 12.1. The van der Waals surface area contributed by atoms with Crippen LogP contribution in [-0.2, 0) is 4.74 Å². The zero-order valence-electron chi connectivity index (χ0n) is 12.8. The first-order valence-electron chi connectivity index (χ1n) is 7.29. The van der Waals surface area contributed by atoms with Gasteiger partial charge in [-0.25, -0.2) is 4.79 Å². The van der Waals surface area contributed by atoms with E-state index in [-0.39, 0.29) is 6.61 Å². The van der Waals surface area contributed by atoms with Crippen molar-refractivity contribution >= 4 is 41.0 Å². The Morgan fingerprint density at radius 3 is 2.67 bits per heavy atom. The number of hydrogen-bond acceptors (Lipinski definition) is 3. The zero-order chi connectivity index (χ0) is 17.3. The van der Waals surface area contributed by atoms with Gasteiger partial charge in [-0.15, -0.1) is 0 Å². The quantitative estimate of drug-likeness (QED) is 0.490. The molecule has 0 amide bonds. The SMILES string of the molecule is CCOC(=O)c1c(-c2ccc(Cl)c(Cl)c2)c(C=O)n2ccccc12. The summed E-state index contributed by atoms with van der Waals surface area (Å²) in [6.07, 6.45) is 2.44. The standard InChI is InChI=1S/C18H13Cl2NO3/c1-2-24-18(23)17-14-5-3-4-8-21(14)15(10-22)16(17)11-6-7-12(19)13(20)9-11/h3-10H,2H2,1H3. The molecule has 6 heteroatoms. The number of nitrogens with zero attached hydrogens (tertiary/aromatic N) is 1. The van der Waals surface area contributed by atoms with Crippen molar-refractivity contribution in [2.45, 2.75) is 6.92 Å². The Labute approximate surface area is 148 Å². The molecule has 3 aromatic rings. The highest BCUT2D eigenvalue weighted by Crippen LogP contribution is 2.36. The second kappa shape index (κ2) is 6.67. The van der Waals surface area contributed by atoms with Gasteiger partial charge in [-0.05, 0) is 36.8 Å². The van der Waals surface area contributed by atoms with Crippen molar-refractivity contribution in [2.75, 3.05) is 6.61 Å². The van der Waals surface area contributed by atoms with Gasteiger partial charge >= 0.3 is 5.97 Å². The molecular formula is C18H13Cl2NO3. The van der Waals surface area contributed by atoms with Crippen LogP contribution in [-0.4, -0.2) is 23.3 Å². The van der Waals surface area contributed by atoms with E-state index in [0.717, 1.165) is 0 Å². The lowest BCUT2D eigenvalue weighted by Crippen LogP contribution is -2.05. The van der Waals surface area contributed by atoms with E-state index in [4.69, 9.17) is 27.9 Å². The van der Waals surface area contributed by atoms with E-state index >= 15 is 0 Å². The highest BCUT2D eigenvalue weighted by Gasteiger charge is 2.25. The lowest BCUT2D eigenvalue weighted by atomic mass is 10.0. The van der Waals surface area contributed by atoms with Crippen LogP contribution in [0.4, 0.5) is 0 Å². The number of esters is 1. The van der Waals surface area contributed by atoms with Gasteiger partial charge in [0.05, 0.1) is 33.4 Å². The Bertz CT molecular complexity index is 947. The highest BCUT2D eigenvalue weighted by molar-refractivity contribution is 6.42. The predicted molar refractivity (Wildman–Crippen MR) is 94.2 cm³/mol. The number of fused-ring (bicyclic) bond motifs is 1. The third-order valence-corrected chi connectivity index (χ3v) is 4.42. The molecule has 2 heterocycles. The second-order valence-corrected chi connectivity index (χ2v) is 5.87. The molecule has 0 saturated heterocycles. The minimum absolute atomic E-state index is 0.236. The van der Waals surface area contributed by atoms with Crippen LogP contribution in [0.25, 0.3) is 16.6 Å². The van der Waals surface area contributed by atoms with E-state index < -0.39 is 5.97 Å². The molecule has 1 aromatic carbocycles. The van der Waals surface area contributed by atoms with Crippen molar-refractivity contribution in [3.05, 3.63) is 63.9 Å². The van der Waals surface area contributed by atoms with Crippen LogP contribution in [0, 0.1) is 0 Å². The Balaban J connectivity index is 2.39. The summed E-state index contributed by atoms with van der Waals surface area (Å²) in [4.78, 5) is 24.3. The topological polar surface area (TPSA) is 47.8 Å². The van der Waals surface area contributed by atoms with Crippen LogP contribution in [0.15, 0.2) is 42.6 Å². The maximum atomic E-state index is 12.5. The molecular weight excluding hydrogens is 349 g/mol. The van der Waals surface area contributed by atoms with Crippen LogP contribution in [0.2, 0.25) is 10.0 Å². The molecule has 0 bridgehead atoms. The van der Waals surface area contributed by atoms with E-state index in [0.29, 0.717) is 44.2 Å². The summed E-state index contributed by atoms with van der Waals surface area (Å²) in [6, 6.07) is 10.3. The summed E-state index contributed by atoms with van der Waals surface area (Å²) in [5, 5.41) is 0.741. The largest absolute Gasteiger partial charge is 0.462 e. The second-order valence-electron chi connectivity index (χ2n) is 5.06. The Morgan fingerprint density at radius 2 is 2.00 bits per heavy atom. The zero-order valence-corrected chi connectivity index (χ0v) is 14.3. The smallest absolute Gasteiger partial charge is 0.340 e. The summed E-state index contributed by atoms with van der Waals surface area (Å²) in [6.45, 7) is 1.97. The molecule has 0 radical (unpaired) electrons. The summed E-state index contributed by atoms with van der Waals surface area (Å²) in [7, 11) is 0. The molecule has 2 aromatic heterocycles. The predicted octanol–water partition coefficient (Wildman–Crippen LogP) is 4.90. The fourth-order valence-electron chi connectivity index (χ4n) is 2.70. The maximum Gasteiger partial charge on any atom is 0.340 e. The van der Waals surface area contributed by atoms with Crippen molar-refractivity contribution < 1.29 is 14.3 Å². The van der Waals surface area contributed by atoms with E-state index in [1.165, 1.54) is 0 Å². The van der Waals surface area contributed by atoms with Gasteiger partial charge in [-0.3, -0.25) is 4.79 Å². The van der Waals surface area contributed by atoms with Crippen molar-refractivity contribution in [3.63, 3.8) is 0 Å². The molecule has 4 nitrogen and oxygen atoms in total. The molecule has 0 aliphatic heterocycles. The first kappa shape index (κ1) is 16.6. The van der Waals surface area contributed by atoms with Gasteiger partial charge in [0.25, 0.3) is 0 Å². The van der Waals surface area contributed by atoms with Crippen LogP contribution in [0.3, 0.4) is 0 Å².